The molecule has 8 nitrogen and oxygen atoms in total. The van der Waals surface area contributed by atoms with Crippen molar-refractivity contribution in [2.75, 3.05) is 13.1 Å². The molecule has 0 aliphatic heterocycles. The highest BCUT2D eigenvalue weighted by Crippen LogP contribution is 2.18. The average Bonchev–Trinajstić information content (AvgIpc) is 3.09. The Morgan fingerprint density at radius 1 is 1.32 bits per heavy atom. The fourth-order valence-electron chi connectivity index (χ4n) is 1.81. The highest BCUT2D eigenvalue weighted by atomic mass is 19.1. The number of urea groups is 1. The van der Waals surface area contributed by atoms with E-state index in [1.165, 1.54) is 24.3 Å². The number of amides is 3. The molecule has 0 aliphatic carbocycles. The molecule has 130 valence electrons. The number of nitrogens with one attached hydrogen (secondary N) is 3. The Bertz CT molecular complexity index is 782. The Balaban J connectivity index is 1.87. The van der Waals surface area contributed by atoms with Gasteiger partial charge < -0.3 is 20.5 Å². The van der Waals surface area contributed by atoms with E-state index in [-0.39, 0.29) is 30.6 Å². The molecule has 1 aromatic heterocycles. The molecule has 0 aliphatic rings. The molecule has 0 saturated heterocycles. The van der Waals surface area contributed by atoms with E-state index in [0.29, 0.717) is 5.56 Å². The van der Waals surface area contributed by atoms with Crippen molar-refractivity contribution in [1.82, 2.24) is 26.1 Å². The zero-order chi connectivity index (χ0) is 18.2. The van der Waals surface area contributed by atoms with Crippen LogP contribution in [0.25, 0.3) is 11.4 Å². The monoisotopic (exact) mass is 345 g/mol. The third-order valence-electron chi connectivity index (χ3n) is 3.06. The maximum Gasteiger partial charge on any atom is 0.315 e. The lowest BCUT2D eigenvalue weighted by Crippen LogP contribution is -2.42. The van der Waals surface area contributed by atoms with Gasteiger partial charge in [0, 0.05) is 5.56 Å². The van der Waals surface area contributed by atoms with Gasteiger partial charge in [-0.2, -0.15) is 4.98 Å². The van der Waals surface area contributed by atoms with Crippen LogP contribution in [0.15, 0.2) is 28.8 Å². The molecule has 2 aromatic rings. The summed E-state index contributed by atoms with van der Waals surface area (Å²) in [6.07, 6.45) is 5.01. The van der Waals surface area contributed by atoms with Crippen LogP contribution >= 0.6 is 0 Å². The second kappa shape index (κ2) is 8.44. The molecule has 0 bridgehead atoms. The summed E-state index contributed by atoms with van der Waals surface area (Å²) in [6, 6.07) is 4.44. The van der Waals surface area contributed by atoms with Crippen LogP contribution in [0, 0.1) is 18.2 Å². The predicted molar refractivity (Wildman–Crippen MR) is 86.5 cm³/mol. The Kier molecular flexibility index (Phi) is 6.06. The first-order valence-electron chi connectivity index (χ1n) is 7.33. The van der Waals surface area contributed by atoms with Gasteiger partial charge in [-0.15, -0.1) is 6.42 Å². The Morgan fingerprint density at radius 2 is 2.04 bits per heavy atom. The first-order valence-corrected chi connectivity index (χ1v) is 7.33. The predicted octanol–water partition coefficient (Wildman–Crippen LogP) is 0.985. The third-order valence-corrected chi connectivity index (χ3v) is 3.06. The molecule has 0 fully saturated rings. The van der Waals surface area contributed by atoms with Crippen molar-refractivity contribution in [1.29, 1.82) is 0 Å². The minimum absolute atomic E-state index is 0.0900. The van der Waals surface area contributed by atoms with E-state index in [1.807, 2.05) is 0 Å². The number of aromatic nitrogens is 2. The highest BCUT2D eigenvalue weighted by molar-refractivity contribution is 5.84. The summed E-state index contributed by atoms with van der Waals surface area (Å²) in [6.45, 7) is 1.51. The Hall–Kier alpha value is -3.41. The van der Waals surface area contributed by atoms with Crippen molar-refractivity contribution >= 4 is 11.9 Å². The molecule has 0 saturated carbocycles. The summed E-state index contributed by atoms with van der Waals surface area (Å²) in [5, 5.41) is 11.1. The topological polar surface area (TPSA) is 109 Å². The van der Waals surface area contributed by atoms with Gasteiger partial charge in [-0.25, -0.2) is 9.18 Å². The number of terminal acetylenes is 1. The number of hydrogen-bond donors (Lipinski definition) is 3. The first kappa shape index (κ1) is 17.9. The summed E-state index contributed by atoms with van der Waals surface area (Å²) in [5.74, 6) is 1.92. The molecular formula is C16H16FN5O3. The maximum absolute atomic E-state index is 12.9. The smallest absolute Gasteiger partial charge is 0.315 e. The van der Waals surface area contributed by atoms with Crippen molar-refractivity contribution in [3.05, 3.63) is 36.0 Å². The molecule has 3 amide bonds. The largest absolute Gasteiger partial charge is 0.344 e. The van der Waals surface area contributed by atoms with Crippen LogP contribution < -0.4 is 16.0 Å². The molecule has 0 radical (unpaired) electrons. The molecule has 1 unspecified atom stereocenters. The van der Waals surface area contributed by atoms with E-state index in [1.54, 1.807) is 6.92 Å². The zero-order valence-electron chi connectivity index (χ0n) is 13.4. The third kappa shape index (κ3) is 5.31. The van der Waals surface area contributed by atoms with E-state index in [0.717, 1.165) is 0 Å². The fraction of sp³-hybridized carbons (Fsp3) is 0.250. The SMILES string of the molecule is C#CCNC(=O)CNC(=O)NC(C)c1nc(-c2ccc(F)cc2)no1. The van der Waals surface area contributed by atoms with Gasteiger partial charge in [0.25, 0.3) is 0 Å². The van der Waals surface area contributed by atoms with Gasteiger partial charge in [0.15, 0.2) is 0 Å². The van der Waals surface area contributed by atoms with Gasteiger partial charge >= 0.3 is 6.03 Å². The van der Waals surface area contributed by atoms with Crippen LogP contribution in [0.4, 0.5) is 9.18 Å². The van der Waals surface area contributed by atoms with Crippen LogP contribution in [-0.2, 0) is 4.79 Å². The van der Waals surface area contributed by atoms with Crippen LogP contribution in [0.5, 0.6) is 0 Å². The fourth-order valence-corrected chi connectivity index (χ4v) is 1.81. The molecular weight excluding hydrogens is 329 g/mol. The van der Waals surface area contributed by atoms with Crippen molar-refractivity contribution in [2.24, 2.45) is 0 Å². The van der Waals surface area contributed by atoms with Crippen LogP contribution in [0.2, 0.25) is 0 Å². The number of benzene rings is 1. The van der Waals surface area contributed by atoms with Gasteiger partial charge in [-0.1, -0.05) is 11.1 Å². The summed E-state index contributed by atoms with van der Waals surface area (Å²) >= 11 is 0. The van der Waals surface area contributed by atoms with E-state index in [9.17, 15) is 14.0 Å². The van der Waals surface area contributed by atoms with Gasteiger partial charge in [0.2, 0.25) is 17.6 Å². The quantitative estimate of drug-likeness (QED) is 0.676. The number of halogens is 1. The number of rotatable bonds is 6. The maximum atomic E-state index is 12.9. The van der Waals surface area contributed by atoms with E-state index in [4.69, 9.17) is 10.9 Å². The summed E-state index contributed by atoms with van der Waals surface area (Å²) in [4.78, 5) is 27.2. The van der Waals surface area contributed by atoms with E-state index in [2.05, 4.69) is 32.0 Å². The number of nitrogens with zero attached hydrogens (tertiary/aromatic N) is 2. The van der Waals surface area contributed by atoms with Gasteiger partial charge in [0.05, 0.1) is 13.1 Å². The number of hydrogen-bond acceptors (Lipinski definition) is 5. The number of carbonyl (C=O) groups is 2. The minimum Gasteiger partial charge on any atom is -0.344 e. The lowest BCUT2D eigenvalue weighted by Gasteiger charge is -2.10. The Morgan fingerprint density at radius 3 is 2.72 bits per heavy atom. The summed E-state index contributed by atoms with van der Waals surface area (Å²) < 4.78 is 18.0. The number of carbonyl (C=O) groups excluding carboxylic acids is 2. The van der Waals surface area contributed by atoms with E-state index < -0.39 is 18.0 Å². The molecule has 3 N–H and O–H groups in total. The minimum atomic E-state index is -0.588. The second-order valence-corrected chi connectivity index (χ2v) is 4.99. The Labute approximate surface area is 143 Å². The average molecular weight is 345 g/mol. The van der Waals surface area contributed by atoms with Crippen molar-refractivity contribution in [2.45, 2.75) is 13.0 Å². The highest BCUT2D eigenvalue weighted by Gasteiger charge is 2.17. The standard InChI is InChI=1S/C16H16FN5O3/c1-3-8-18-13(23)9-19-16(24)20-10(2)15-21-14(22-25-15)11-4-6-12(17)7-5-11/h1,4-7,10H,8-9H2,2H3,(H,18,23)(H2,19,20,24). The summed E-state index contributed by atoms with van der Waals surface area (Å²) in [5.41, 5.74) is 0.582. The molecule has 1 heterocycles. The van der Waals surface area contributed by atoms with Crippen LogP contribution in [0.1, 0.15) is 18.9 Å². The van der Waals surface area contributed by atoms with Crippen molar-refractivity contribution in [3.63, 3.8) is 0 Å². The van der Waals surface area contributed by atoms with Gasteiger partial charge in [-0.05, 0) is 31.2 Å². The zero-order valence-corrected chi connectivity index (χ0v) is 13.4. The first-order chi connectivity index (χ1) is 12.0. The van der Waals surface area contributed by atoms with E-state index >= 15 is 0 Å². The molecule has 9 heteroatoms. The molecule has 25 heavy (non-hydrogen) atoms. The lowest BCUT2D eigenvalue weighted by atomic mass is 10.2. The van der Waals surface area contributed by atoms with Crippen LogP contribution in [-0.4, -0.2) is 35.2 Å². The second-order valence-electron chi connectivity index (χ2n) is 4.99. The van der Waals surface area contributed by atoms with Crippen molar-refractivity contribution < 1.29 is 18.5 Å². The lowest BCUT2D eigenvalue weighted by molar-refractivity contribution is -0.119. The molecule has 1 atom stereocenters. The van der Waals surface area contributed by atoms with Gasteiger partial charge in [0.1, 0.15) is 11.9 Å². The molecule has 0 spiro atoms. The molecule has 1 aromatic carbocycles. The summed E-state index contributed by atoms with van der Waals surface area (Å²) in [7, 11) is 0. The van der Waals surface area contributed by atoms with Crippen LogP contribution in [0.3, 0.4) is 0 Å². The molecule has 2 rings (SSSR count). The van der Waals surface area contributed by atoms with Gasteiger partial charge in [-0.3, -0.25) is 4.79 Å². The van der Waals surface area contributed by atoms with Crippen molar-refractivity contribution in [3.8, 4) is 23.7 Å². The normalized spacial score (nSPS) is 11.2.